The summed E-state index contributed by atoms with van der Waals surface area (Å²) in [6, 6.07) is 22.1. The van der Waals surface area contributed by atoms with Gasteiger partial charge in [-0.3, -0.25) is 0 Å². The molecule has 1 N–H and O–H groups in total. The smallest absolute Gasteiger partial charge is 0.227 e. The summed E-state index contributed by atoms with van der Waals surface area (Å²) in [5, 5.41) is 9.11. The largest absolute Gasteiger partial charge is 0.324 e. The van der Waals surface area contributed by atoms with Crippen LogP contribution in [-0.2, 0) is 0 Å². The number of hydrogen-bond acceptors (Lipinski definition) is 5. The molecule has 0 aliphatic heterocycles. The van der Waals surface area contributed by atoms with E-state index in [1.54, 1.807) is 18.0 Å². The van der Waals surface area contributed by atoms with E-state index in [2.05, 4.69) is 36.3 Å². The minimum Gasteiger partial charge on any atom is -0.324 e. The van der Waals surface area contributed by atoms with Crippen LogP contribution >= 0.6 is 11.8 Å². The zero-order valence-corrected chi connectivity index (χ0v) is 16.6. The molecule has 0 fully saturated rings. The lowest BCUT2D eigenvalue weighted by Crippen LogP contribution is -2.00. The molecule has 0 radical (unpaired) electrons. The summed E-state index contributed by atoms with van der Waals surface area (Å²) in [5.41, 5.74) is 4.98. The van der Waals surface area contributed by atoms with Crippen molar-refractivity contribution in [3.8, 4) is 16.9 Å². The van der Waals surface area contributed by atoms with Gasteiger partial charge in [-0.15, -0.1) is 11.8 Å². The van der Waals surface area contributed by atoms with Gasteiger partial charge < -0.3 is 5.32 Å². The Morgan fingerprint density at radius 1 is 0.964 bits per heavy atom. The van der Waals surface area contributed by atoms with Crippen molar-refractivity contribution >= 4 is 23.4 Å². The Morgan fingerprint density at radius 2 is 1.68 bits per heavy atom. The number of aromatic nitrogens is 4. The molecule has 2 aromatic carbocycles. The van der Waals surface area contributed by atoms with E-state index in [4.69, 9.17) is 10.1 Å². The van der Waals surface area contributed by atoms with E-state index >= 15 is 0 Å². The zero-order valence-electron chi connectivity index (χ0n) is 15.8. The van der Waals surface area contributed by atoms with E-state index in [0.717, 1.165) is 39.1 Å². The second kappa shape index (κ2) is 8.27. The van der Waals surface area contributed by atoms with Gasteiger partial charge in [0, 0.05) is 11.9 Å². The molecular formula is C22H21N5S. The molecule has 0 amide bonds. The highest BCUT2D eigenvalue weighted by atomic mass is 32.2. The Hall–Kier alpha value is -3.12. The topological polar surface area (TPSA) is 55.6 Å². The molecule has 0 unspecified atom stereocenters. The standard InChI is InChI=1S/C22H21N5S/c1-3-28-21-20(16(2)27(26-21)18-12-8-5-9-13-18)19-14-15-23-22(25-19)24-17-10-6-4-7-11-17/h4-15H,3H2,1-2H3,(H,23,24,25). The summed E-state index contributed by atoms with van der Waals surface area (Å²) in [4.78, 5) is 9.13. The molecule has 0 saturated carbocycles. The Kier molecular flexibility index (Phi) is 5.39. The molecular weight excluding hydrogens is 366 g/mol. The van der Waals surface area contributed by atoms with Gasteiger partial charge >= 0.3 is 0 Å². The van der Waals surface area contributed by atoms with Crippen molar-refractivity contribution in [1.82, 2.24) is 19.7 Å². The van der Waals surface area contributed by atoms with Crippen LogP contribution < -0.4 is 5.32 Å². The first kappa shape index (κ1) is 18.3. The predicted octanol–water partition coefficient (Wildman–Crippen LogP) is 5.49. The van der Waals surface area contributed by atoms with Crippen LogP contribution in [0.2, 0.25) is 0 Å². The van der Waals surface area contributed by atoms with E-state index in [1.807, 2.05) is 59.3 Å². The number of para-hydroxylation sites is 2. The van der Waals surface area contributed by atoms with E-state index < -0.39 is 0 Å². The normalized spacial score (nSPS) is 10.8. The molecule has 28 heavy (non-hydrogen) atoms. The van der Waals surface area contributed by atoms with Gasteiger partial charge in [-0.25, -0.2) is 14.6 Å². The van der Waals surface area contributed by atoms with E-state index in [0.29, 0.717) is 5.95 Å². The van der Waals surface area contributed by atoms with Crippen LogP contribution in [0.15, 0.2) is 78.0 Å². The lowest BCUT2D eigenvalue weighted by atomic mass is 10.2. The van der Waals surface area contributed by atoms with Crippen molar-refractivity contribution in [2.45, 2.75) is 18.9 Å². The lowest BCUT2D eigenvalue weighted by molar-refractivity contribution is 0.813. The highest BCUT2D eigenvalue weighted by Crippen LogP contribution is 2.34. The SMILES string of the molecule is CCSc1nn(-c2ccccc2)c(C)c1-c1ccnc(Nc2ccccc2)n1. The van der Waals surface area contributed by atoms with Gasteiger partial charge in [-0.1, -0.05) is 43.3 Å². The minimum absolute atomic E-state index is 0.572. The minimum atomic E-state index is 0.572. The van der Waals surface area contributed by atoms with Crippen molar-refractivity contribution in [3.63, 3.8) is 0 Å². The first-order valence-corrected chi connectivity index (χ1v) is 10.2. The van der Waals surface area contributed by atoms with Crippen molar-refractivity contribution in [2.75, 3.05) is 11.1 Å². The summed E-state index contributed by atoms with van der Waals surface area (Å²) in [7, 11) is 0. The third-order valence-corrected chi connectivity index (χ3v) is 5.16. The highest BCUT2D eigenvalue weighted by molar-refractivity contribution is 7.99. The van der Waals surface area contributed by atoms with E-state index in [-0.39, 0.29) is 0 Å². The van der Waals surface area contributed by atoms with Gasteiger partial charge in [-0.05, 0) is 43.0 Å². The van der Waals surface area contributed by atoms with E-state index in [1.165, 1.54) is 0 Å². The van der Waals surface area contributed by atoms with Gasteiger partial charge in [0.1, 0.15) is 5.03 Å². The summed E-state index contributed by atoms with van der Waals surface area (Å²) in [6.07, 6.45) is 1.79. The molecule has 0 bridgehead atoms. The molecule has 2 aromatic heterocycles. The second-order valence-corrected chi connectivity index (χ2v) is 7.46. The number of thioether (sulfide) groups is 1. The summed E-state index contributed by atoms with van der Waals surface area (Å²) in [6.45, 7) is 4.22. The van der Waals surface area contributed by atoms with Gasteiger partial charge in [0.2, 0.25) is 5.95 Å². The van der Waals surface area contributed by atoms with Crippen molar-refractivity contribution < 1.29 is 0 Å². The number of anilines is 2. The monoisotopic (exact) mass is 387 g/mol. The van der Waals surface area contributed by atoms with Crippen molar-refractivity contribution in [1.29, 1.82) is 0 Å². The average molecular weight is 388 g/mol. The first-order chi connectivity index (χ1) is 13.8. The Balaban J connectivity index is 1.76. The van der Waals surface area contributed by atoms with Crippen molar-refractivity contribution in [3.05, 3.63) is 78.6 Å². The average Bonchev–Trinajstić information content (AvgIpc) is 3.06. The molecule has 4 rings (SSSR count). The van der Waals surface area contributed by atoms with Crippen molar-refractivity contribution in [2.24, 2.45) is 0 Å². The van der Waals surface area contributed by atoms with Crippen LogP contribution in [0, 0.1) is 6.92 Å². The zero-order chi connectivity index (χ0) is 19.3. The first-order valence-electron chi connectivity index (χ1n) is 9.19. The maximum Gasteiger partial charge on any atom is 0.227 e. The lowest BCUT2D eigenvalue weighted by Gasteiger charge is -2.08. The molecule has 0 spiro atoms. The highest BCUT2D eigenvalue weighted by Gasteiger charge is 2.19. The number of nitrogens with zero attached hydrogens (tertiary/aromatic N) is 4. The predicted molar refractivity (Wildman–Crippen MR) is 115 cm³/mol. The fourth-order valence-corrected chi connectivity index (χ4v) is 3.85. The Bertz CT molecular complexity index is 1060. The number of benzene rings is 2. The molecule has 0 aliphatic rings. The summed E-state index contributed by atoms with van der Waals surface area (Å²) >= 11 is 1.72. The van der Waals surface area contributed by atoms with E-state index in [9.17, 15) is 0 Å². The van der Waals surface area contributed by atoms with Crippen LogP contribution in [0.1, 0.15) is 12.6 Å². The number of hydrogen-bond donors (Lipinski definition) is 1. The molecule has 2 heterocycles. The molecule has 140 valence electrons. The molecule has 6 heteroatoms. The fraction of sp³-hybridized carbons (Fsp3) is 0.136. The van der Waals surface area contributed by atoms with Crippen LogP contribution in [0.3, 0.4) is 0 Å². The molecule has 5 nitrogen and oxygen atoms in total. The fourth-order valence-electron chi connectivity index (χ4n) is 3.04. The van der Waals surface area contributed by atoms with Gasteiger partial charge in [0.25, 0.3) is 0 Å². The van der Waals surface area contributed by atoms with Gasteiger partial charge in [-0.2, -0.15) is 5.10 Å². The number of nitrogens with one attached hydrogen (secondary N) is 1. The summed E-state index contributed by atoms with van der Waals surface area (Å²) < 4.78 is 1.99. The van der Waals surface area contributed by atoms with Crippen LogP contribution in [0.5, 0.6) is 0 Å². The quantitative estimate of drug-likeness (QED) is 0.443. The van der Waals surface area contributed by atoms with Gasteiger partial charge in [0.05, 0.1) is 22.6 Å². The number of rotatable bonds is 6. The van der Waals surface area contributed by atoms with Crippen LogP contribution in [0.4, 0.5) is 11.6 Å². The third kappa shape index (κ3) is 3.77. The van der Waals surface area contributed by atoms with Crippen LogP contribution in [-0.4, -0.2) is 25.5 Å². The second-order valence-electron chi connectivity index (χ2n) is 6.20. The molecule has 0 aliphatic carbocycles. The Labute approximate surface area is 168 Å². The molecule has 0 atom stereocenters. The molecule has 0 saturated heterocycles. The maximum absolute atomic E-state index is 4.86. The third-order valence-electron chi connectivity index (χ3n) is 4.31. The molecule has 4 aromatic rings. The van der Waals surface area contributed by atoms with Gasteiger partial charge in [0.15, 0.2) is 0 Å². The Morgan fingerprint density at radius 3 is 2.39 bits per heavy atom. The van der Waals surface area contributed by atoms with Crippen LogP contribution in [0.25, 0.3) is 16.9 Å². The maximum atomic E-state index is 4.86. The summed E-state index contributed by atoms with van der Waals surface area (Å²) in [5.74, 6) is 1.52.